The Morgan fingerprint density at radius 1 is 1.67 bits per heavy atom. The summed E-state index contributed by atoms with van der Waals surface area (Å²) in [6.07, 6.45) is 0.0188. The number of aromatic nitrogens is 2. The molecule has 1 atom stereocenters. The van der Waals surface area contributed by atoms with Gasteiger partial charge in [-0.15, -0.1) is 0 Å². The summed E-state index contributed by atoms with van der Waals surface area (Å²) in [6.45, 7) is 4.57. The summed E-state index contributed by atoms with van der Waals surface area (Å²) in [5.41, 5.74) is 1.03. The predicted octanol–water partition coefficient (Wildman–Crippen LogP) is 1.45. The molecule has 4 nitrogen and oxygen atoms in total. The van der Waals surface area contributed by atoms with Gasteiger partial charge < -0.3 is 14.6 Å². The van der Waals surface area contributed by atoms with E-state index in [1.54, 1.807) is 0 Å². The molecule has 0 bridgehead atoms. The summed E-state index contributed by atoms with van der Waals surface area (Å²) >= 11 is 5.09. The third-order valence-corrected chi connectivity index (χ3v) is 2.68. The summed E-state index contributed by atoms with van der Waals surface area (Å²) < 4.78 is 6.29. The van der Waals surface area contributed by atoms with Crippen molar-refractivity contribution < 1.29 is 4.74 Å². The van der Waals surface area contributed by atoms with Crippen molar-refractivity contribution in [1.29, 1.82) is 0 Å². The quantitative estimate of drug-likeness (QED) is 0.734. The molecular weight excluding hydrogens is 210 g/mol. The minimum Gasteiger partial charge on any atom is -0.368 e. The summed E-state index contributed by atoms with van der Waals surface area (Å²) in [4.78, 5) is 9.74. The molecule has 0 spiro atoms. The van der Waals surface area contributed by atoms with Crippen LogP contribution in [0, 0.1) is 11.6 Å². The highest BCUT2D eigenvalue weighted by Gasteiger charge is 2.21. The van der Waals surface area contributed by atoms with E-state index in [9.17, 15) is 0 Å². The number of ether oxygens (including phenoxy) is 1. The van der Waals surface area contributed by atoms with E-state index in [0.29, 0.717) is 4.64 Å². The Labute approximate surface area is 94.3 Å². The fourth-order valence-corrected chi connectivity index (χ4v) is 1.97. The van der Waals surface area contributed by atoms with Crippen molar-refractivity contribution in [3.05, 3.63) is 22.2 Å². The second-order valence-corrected chi connectivity index (χ2v) is 4.33. The minimum atomic E-state index is 0.0188. The van der Waals surface area contributed by atoms with E-state index in [1.807, 2.05) is 13.0 Å². The van der Waals surface area contributed by atoms with Crippen molar-refractivity contribution in [2.24, 2.45) is 0 Å². The molecule has 1 saturated heterocycles. The molecule has 0 aromatic carbocycles. The van der Waals surface area contributed by atoms with E-state index in [2.05, 4.69) is 21.9 Å². The third kappa shape index (κ3) is 2.62. The van der Waals surface area contributed by atoms with Crippen LogP contribution in [-0.4, -0.2) is 41.6 Å². The zero-order chi connectivity index (χ0) is 10.8. The Kier molecular flexibility index (Phi) is 3.14. The molecule has 1 aromatic heterocycles. The maximum Gasteiger partial charge on any atom is 0.138 e. The Morgan fingerprint density at radius 2 is 2.47 bits per heavy atom. The first-order chi connectivity index (χ1) is 7.15. The van der Waals surface area contributed by atoms with E-state index in [1.165, 1.54) is 0 Å². The maximum atomic E-state index is 5.66. The number of aryl methyl sites for hydroxylation is 1. The number of H-pyrrole nitrogens is 1. The van der Waals surface area contributed by atoms with Gasteiger partial charge >= 0.3 is 0 Å². The van der Waals surface area contributed by atoms with E-state index in [-0.39, 0.29) is 6.10 Å². The van der Waals surface area contributed by atoms with Crippen LogP contribution in [0.25, 0.3) is 0 Å². The van der Waals surface area contributed by atoms with Gasteiger partial charge in [-0.25, -0.2) is 4.98 Å². The highest BCUT2D eigenvalue weighted by atomic mass is 32.1. The van der Waals surface area contributed by atoms with Crippen molar-refractivity contribution in [2.45, 2.75) is 13.0 Å². The molecule has 1 fully saturated rings. The number of nitrogens with zero attached hydrogens (tertiary/aromatic N) is 2. The molecule has 1 N–H and O–H groups in total. The van der Waals surface area contributed by atoms with Crippen LogP contribution < -0.4 is 0 Å². The number of hydrogen-bond donors (Lipinski definition) is 1. The molecule has 0 radical (unpaired) electrons. The number of nitrogens with one attached hydrogen (secondary N) is 1. The van der Waals surface area contributed by atoms with Gasteiger partial charge in [0.1, 0.15) is 16.6 Å². The number of likely N-dealkylation sites (N-methyl/N-ethyl adjacent to an activating group) is 1. The maximum absolute atomic E-state index is 5.66. The molecule has 2 heterocycles. The van der Waals surface area contributed by atoms with Crippen LogP contribution in [0.3, 0.4) is 0 Å². The highest BCUT2D eigenvalue weighted by Crippen LogP contribution is 2.17. The van der Waals surface area contributed by atoms with E-state index < -0.39 is 0 Å². The monoisotopic (exact) mass is 225 g/mol. The fourth-order valence-electron chi connectivity index (χ4n) is 1.70. The smallest absolute Gasteiger partial charge is 0.138 e. The Bertz CT molecular complexity index is 404. The molecule has 1 aliphatic heterocycles. The second kappa shape index (κ2) is 4.38. The Hall–Kier alpha value is -0.780. The number of hydrogen-bond acceptors (Lipinski definition) is 4. The summed E-state index contributed by atoms with van der Waals surface area (Å²) in [6, 6.07) is 1.85. The molecule has 1 unspecified atom stereocenters. The van der Waals surface area contributed by atoms with Gasteiger partial charge in [0.25, 0.3) is 0 Å². The van der Waals surface area contributed by atoms with Crippen LogP contribution in [0.5, 0.6) is 0 Å². The van der Waals surface area contributed by atoms with E-state index in [4.69, 9.17) is 17.0 Å². The number of rotatable bonds is 1. The van der Waals surface area contributed by atoms with Gasteiger partial charge in [0.05, 0.1) is 6.61 Å². The van der Waals surface area contributed by atoms with Gasteiger partial charge in [-0.05, 0) is 20.0 Å². The first kappa shape index (κ1) is 10.7. The number of aromatic amines is 1. The van der Waals surface area contributed by atoms with Gasteiger partial charge in [-0.1, -0.05) is 12.2 Å². The second-order valence-electron chi connectivity index (χ2n) is 3.91. The van der Waals surface area contributed by atoms with Gasteiger partial charge in [-0.2, -0.15) is 0 Å². The normalized spacial score (nSPS) is 22.9. The Balaban J connectivity index is 2.24. The highest BCUT2D eigenvalue weighted by molar-refractivity contribution is 7.71. The fraction of sp³-hybridized carbons (Fsp3) is 0.600. The standard InChI is InChI=1S/C10H15N3OS/c1-7-5-9(15)12-10(11-7)8-6-13(2)3-4-14-8/h5,8H,3-4,6H2,1-2H3,(H,11,12,15). The molecule has 0 amide bonds. The van der Waals surface area contributed by atoms with Gasteiger partial charge in [0.2, 0.25) is 0 Å². The molecule has 2 rings (SSSR count). The average molecular weight is 225 g/mol. The lowest BCUT2D eigenvalue weighted by atomic mass is 10.2. The lowest BCUT2D eigenvalue weighted by Gasteiger charge is -2.29. The topological polar surface area (TPSA) is 41.2 Å². The van der Waals surface area contributed by atoms with Crippen LogP contribution >= 0.6 is 12.2 Å². The molecule has 0 aliphatic carbocycles. The molecule has 0 saturated carbocycles. The summed E-state index contributed by atoms with van der Waals surface area (Å²) in [7, 11) is 2.08. The third-order valence-electron chi connectivity index (χ3n) is 2.47. The lowest BCUT2D eigenvalue weighted by Crippen LogP contribution is -2.36. The summed E-state index contributed by atoms with van der Waals surface area (Å²) in [5.74, 6) is 0.839. The van der Waals surface area contributed by atoms with E-state index in [0.717, 1.165) is 31.2 Å². The molecule has 1 aromatic rings. The van der Waals surface area contributed by atoms with Crippen molar-refractivity contribution >= 4 is 12.2 Å². The van der Waals surface area contributed by atoms with Crippen molar-refractivity contribution in [3.63, 3.8) is 0 Å². The van der Waals surface area contributed by atoms with Crippen LogP contribution in [0.4, 0.5) is 0 Å². The van der Waals surface area contributed by atoms with Crippen LogP contribution in [0.1, 0.15) is 17.6 Å². The van der Waals surface area contributed by atoms with Crippen molar-refractivity contribution in [3.8, 4) is 0 Å². The van der Waals surface area contributed by atoms with Crippen LogP contribution in [0.15, 0.2) is 6.07 Å². The largest absolute Gasteiger partial charge is 0.368 e. The number of morpholine rings is 1. The van der Waals surface area contributed by atoms with Crippen molar-refractivity contribution in [1.82, 2.24) is 14.9 Å². The molecular formula is C10H15N3OS. The van der Waals surface area contributed by atoms with E-state index >= 15 is 0 Å². The summed E-state index contributed by atoms with van der Waals surface area (Å²) in [5, 5.41) is 0. The lowest BCUT2D eigenvalue weighted by molar-refractivity contribution is -0.0256. The van der Waals surface area contributed by atoms with Crippen molar-refractivity contribution in [2.75, 3.05) is 26.7 Å². The van der Waals surface area contributed by atoms with Crippen LogP contribution in [0.2, 0.25) is 0 Å². The molecule has 5 heteroatoms. The average Bonchev–Trinajstić information content (AvgIpc) is 2.16. The Morgan fingerprint density at radius 3 is 3.13 bits per heavy atom. The molecule has 82 valence electrons. The molecule has 1 aliphatic rings. The first-order valence-corrected chi connectivity index (χ1v) is 5.44. The van der Waals surface area contributed by atoms with Crippen LogP contribution in [-0.2, 0) is 4.74 Å². The first-order valence-electron chi connectivity index (χ1n) is 5.03. The minimum absolute atomic E-state index is 0.0188. The zero-order valence-corrected chi connectivity index (χ0v) is 9.80. The van der Waals surface area contributed by atoms with Gasteiger partial charge in [0, 0.05) is 18.8 Å². The zero-order valence-electron chi connectivity index (χ0n) is 8.99. The van der Waals surface area contributed by atoms with Gasteiger partial charge in [-0.3, -0.25) is 0 Å². The predicted molar refractivity (Wildman–Crippen MR) is 60.3 cm³/mol. The van der Waals surface area contributed by atoms with Gasteiger partial charge in [0.15, 0.2) is 0 Å². The molecule has 15 heavy (non-hydrogen) atoms. The SMILES string of the molecule is Cc1cc(=S)nc(C2CN(C)CCO2)[nH]1.